The van der Waals surface area contributed by atoms with Crippen LogP contribution in [0, 0.1) is 13.8 Å². The summed E-state index contributed by atoms with van der Waals surface area (Å²) in [5.41, 5.74) is 11.6. The summed E-state index contributed by atoms with van der Waals surface area (Å²) in [6, 6.07) is 12.0. The van der Waals surface area contributed by atoms with Gasteiger partial charge in [-0.3, -0.25) is 10.2 Å². The second-order valence-corrected chi connectivity index (χ2v) is 8.53. The molecule has 0 atom stereocenters. The topological polar surface area (TPSA) is 121 Å². The predicted molar refractivity (Wildman–Crippen MR) is 138 cm³/mol. The molecule has 4 amide bonds. The number of rotatable bonds is 12. The van der Waals surface area contributed by atoms with E-state index in [-0.39, 0.29) is 44.6 Å². The number of nitrogens with one attached hydrogen (secondary N) is 4. The zero-order chi connectivity index (χ0) is 26.5. The Balaban J connectivity index is 1.95. The van der Waals surface area contributed by atoms with Crippen LogP contribution < -0.4 is 26.4 Å². The average molecular weight is 500 g/mol. The fraction of sp³-hybridized carbons (Fsp3) is 0.423. The minimum absolute atomic E-state index is 0.0341. The number of amides is 4. The van der Waals surface area contributed by atoms with Crippen LogP contribution in [-0.4, -0.2) is 42.2 Å². The number of hydrazine groups is 2. The van der Waals surface area contributed by atoms with Gasteiger partial charge in [0.2, 0.25) is 0 Å². The maximum absolute atomic E-state index is 12.8. The number of nitrogens with zero attached hydrogens (tertiary/aromatic N) is 1. The van der Waals surface area contributed by atoms with E-state index in [9.17, 15) is 14.4 Å². The fourth-order valence-corrected chi connectivity index (χ4v) is 3.23. The van der Waals surface area contributed by atoms with Crippen LogP contribution in [0.4, 0.5) is 15.3 Å². The van der Waals surface area contributed by atoms with E-state index >= 15 is 0 Å². The van der Waals surface area contributed by atoms with E-state index in [2.05, 4.69) is 21.7 Å². The van der Waals surface area contributed by atoms with Crippen LogP contribution in [0.1, 0.15) is 50.3 Å². The summed E-state index contributed by atoms with van der Waals surface area (Å²) in [6.07, 6.45) is 0.430. The molecule has 0 saturated carbocycles. The molecule has 0 radical (unpaired) electrons. The fourth-order valence-electron chi connectivity index (χ4n) is 3.23. The van der Waals surface area contributed by atoms with E-state index in [0.717, 1.165) is 27.3 Å². The number of imide groups is 1. The SMILES string of the molecule is CCOC(=O)CCCN(C(=O)NCc1ccc(C)cc1)C(=O)NNNc1ccc(OC(C)C)c(C)c1. The van der Waals surface area contributed by atoms with Gasteiger partial charge in [0.25, 0.3) is 0 Å². The van der Waals surface area contributed by atoms with E-state index in [1.807, 2.05) is 64.1 Å². The number of carbonyl (C=O) groups excluding carboxylic acids is 3. The molecule has 0 fully saturated rings. The standard InChI is InChI=1S/C26H37N5O5/c1-6-35-24(32)8-7-15-31(25(33)27-17-21-11-9-19(4)10-12-21)26(34)29-30-28-22-13-14-23(20(5)16-22)36-18(2)3/h9-14,16,18,28,30H,6-8,15,17H2,1-5H3,(H,27,33)(H,29,34). The molecule has 2 rings (SSSR count). The van der Waals surface area contributed by atoms with Crippen LogP contribution >= 0.6 is 0 Å². The van der Waals surface area contributed by atoms with Gasteiger partial charge < -0.3 is 20.2 Å². The number of hydrogen-bond donors (Lipinski definition) is 4. The largest absolute Gasteiger partial charge is 0.491 e. The van der Waals surface area contributed by atoms with Gasteiger partial charge in [0.15, 0.2) is 0 Å². The highest BCUT2D eigenvalue weighted by molar-refractivity contribution is 5.93. The molecule has 0 unspecified atom stereocenters. The molecule has 4 N–H and O–H groups in total. The van der Waals surface area contributed by atoms with E-state index < -0.39 is 12.1 Å². The lowest BCUT2D eigenvalue weighted by Gasteiger charge is -2.22. The molecule has 2 aromatic carbocycles. The van der Waals surface area contributed by atoms with Gasteiger partial charge >= 0.3 is 18.0 Å². The molecule has 0 saturated heterocycles. The molecule has 36 heavy (non-hydrogen) atoms. The van der Waals surface area contributed by atoms with Crippen molar-refractivity contribution < 1.29 is 23.9 Å². The Labute approximate surface area is 212 Å². The highest BCUT2D eigenvalue weighted by Gasteiger charge is 2.21. The molecule has 2 aromatic rings. The summed E-state index contributed by atoms with van der Waals surface area (Å²) in [6.45, 7) is 10.1. The van der Waals surface area contributed by atoms with Gasteiger partial charge in [0.05, 0.1) is 18.4 Å². The van der Waals surface area contributed by atoms with Gasteiger partial charge in [-0.15, -0.1) is 5.53 Å². The monoisotopic (exact) mass is 499 g/mol. The minimum Gasteiger partial charge on any atom is -0.491 e. The maximum atomic E-state index is 12.8. The van der Waals surface area contributed by atoms with Gasteiger partial charge in [-0.1, -0.05) is 29.8 Å². The van der Waals surface area contributed by atoms with E-state index in [1.165, 1.54) is 0 Å². The minimum atomic E-state index is -0.677. The lowest BCUT2D eigenvalue weighted by molar-refractivity contribution is -0.143. The van der Waals surface area contributed by atoms with Gasteiger partial charge in [-0.05, 0) is 70.4 Å². The molecule has 0 aromatic heterocycles. The van der Waals surface area contributed by atoms with Crippen LogP contribution in [0.2, 0.25) is 0 Å². The van der Waals surface area contributed by atoms with Crippen molar-refractivity contribution in [3.63, 3.8) is 0 Å². The zero-order valence-corrected chi connectivity index (χ0v) is 21.6. The number of urea groups is 2. The summed E-state index contributed by atoms with van der Waals surface area (Å²) < 4.78 is 10.7. The van der Waals surface area contributed by atoms with Crippen LogP contribution in [-0.2, 0) is 16.1 Å². The third-order valence-corrected chi connectivity index (χ3v) is 5.04. The first-order chi connectivity index (χ1) is 17.2. The summed E-state index contributed by atoms with van der Waals surface area (Å²) in [4.78, 5) is 38.3. The Hall–Kier alpha value is -3.79. The molecular formula is C26H37N5O5. The number of aryl methyl sites for hydroxylation is 2. The number of carbonyl (C=O) groups is 3. The smallest absolute Gasteiger partial charge is 0.341 e. The molecule has 10 nitrogen and oxygen atoms in total. The quantitative estimate of drug-likeness (QED) is 0.255. The lowest BCUT2D eigenvalue weighted by atomic mass is 10.1. The molecule has 0 spiro atoms. The second kappa shape index (κ2) is 14.6. The summed E-state index contributed by atoms with van der Waals surface area (Å²) >= 11 is 0. The number of esters is 1. The Bertz CT molecular complexity index is 1010. The van der Waals surface area contributed by atoms with Gasteiger partial charge in [-0.25, -0.2) is 14.5 Å². The average Bonchev–Trinajstić information content (AvgIpc) is 2.83. The maximum Gasteiger partial charge on any atom is 0.341 e. The number of ether oxygens (including phenoxy) is 2. The first kappa shape index (κ1) is 28.4. The van der Waals surface area contributed by atoms with Gasteiger partial charge in [0, 0.05) is 19.5 Å². The highest BCUT2D eigenvalue weighted by atomic mass is 16.5. The van der Waals surface area contributed by atoms with Gasteiger partial charge in [0.1, 0.15) is 5.75 Å². The molecule has 0 aliphatic rings. The number of benzene rings is 2. The molecule has 0 bridgehead atoms. The van der Waals surface area contributed by atoms with Crippen LogP contribution in [0.3, 0.4) is 0 Å². The second-order valence-electron chi connectivity index (χ2n) is 8.53. The van der Waals surface area contributed by atoms with Gasteiger partial charge in [-0.2, -0.15) is 0 Å². The predicted octanol–water partition coefficient (Wildman–Crippen LogP) is 4.19. The Morgan fingerprint density at radius 1 is 1.00 bits per heavy atom. The third-order valence-electron chi connectivity index (χ3n) is 5.04. The highest BCUT2D eigenvalue weighted by Crippen LogP contribution is 2.22. The summed E-state index contributed by atoms with van der Waals surface area (Å²) in [5.74, 6) is 0.399. The van der Waals surface area contributed by atoms with E-state index in [0.29, 0.717) is 5.69 Å². The van der Waals surface area contributed by atoms with Crippen molar-refractivity contribution in [3.05, 3.63) is 59.2 Å². The Morgan fingerprint density at radius 3 is 2.36 bits per heavy atom. The third kappa shape index (κ3) is 9.83. The molecular weight excluding hydrogens is 462 g/mol. The van der Waals surface area contributed by atoms with E-state index in [4.69, 9.17) is 9.47 Å². The van der Waals surface area contributed by atoms with Crippen LogP contribution in [0.5, 0.6) is 5.75 Å². The van der Waals surface area contributed by atoms with Crippen molar-refractivity contribution in [3.8, 4) is 5.75 Å². The van der Waals surface area contributed by atoms with Crippen molar-refractivity contribution >= 4 is 23.7 Å². The van der Waals surface area contributed by atoms with Crippen LogP contribution in [0.25, 0.3) is 0 Å². The molecule has 10 heteroatoms. The molecule has 0 aliphatic heterocycles. The lowest BCUT2D eigenvalue weighted by Crippen LogP contribution is -2.53. The van der Waals surface area contributed by atoms with Crippen molar-refractivity contribution in [2.45, 2.75) is 60.1 Å². The number of hydrogen-bond acceptors (Lipinski definition) is 7. The molecule has 0 heterocycles. The first-order valence-electron chi connectivity index (χ1n) is 12.0. The number of anilines is 1. The summed E-state index contributed by atoms with van der Waals surface area (Å²) in [7, 11) is 0. The first-order valence-corrected chi connectivity index (χ1v) is 12.0. The zero-order valence-electron chi connectivity index (χ0n) is 21.6. The van der Waals surface area contributed by atoms with Crippen LogP contribution in [0.15, 0.2) is 42.5 Å². The molecule has 0 aliphatic carbocycles. The normalized spacial score (nSPS) is 10.5. The van der Waals surface area contributed by atoms with Crippen molar-refractivity contribution in [2.75, 3.05) is 18.6 Å². The van der Waals surface area contributed by atoms with E-state index in [1.54, 1.807) is 13.0 Å². The Morgan fingerprint density at radius 2 is 1.72 bits per heavy atom. The van der Waals surface area contributed by atoms with Crippen molar-refractivity contribution in [1.29, 1.82) is 0 Å². The summed E-state index contributed by atoms with van der Waals surface area (Å²) in [5, 5.41) is 2.75. The Kier molecular flexibility index (Phi) is 11.5. The molecule has 196 valence electrons. The van der Waals surface area contributed by atoms with Crippen molar-refractivity contribution in [2.24, 2.45) is 0 Å². The van der Waals surface area contributed by atoms with Crippen molar-refractivity contribution in [1.82, 2.24) is 21.2 Å².